The third-order valence-electron chi connectivity index (χ3n) is 3.06. The van der Waals surface area contributed by atoms with Crippen LogP contribution in [0.1, 0.15) is 6.92 Å². The highest BCUT2D eigenvalue weighted by Gasteiger charge is 2.12. The second-order valence-corrected chi connectivity index (χ2v) is 6.27. The van der Waals surface area contributed by atoms with Crippen LogP contribution in [0.15, 0.2) is 39.7 Å². The number of hydrogen-bond acceptors (Lipinski definition) is 4. The van der Waals surface area contributed by atoms with Gasteiger partial charge in [0, 0.05) is 30.4 Å². The van der Waals surface area contributed by atoms with Gasteiger partial charge in [0.05, 0.1) is 4.47 Å². The van der Waals surface area contributed by atoms with Crippen LogP contribution in [-0.4, -0.2) is 20.3 Å². The Labute approximate surface area is 143 Å². The number of nitrogens with two attached hydrogens (primary N) is 1. The van der Waals surface area contributed by atoms with Gasteiger partial charge in [0.25, 0.3) is 0 Å². The lowest BCUT2D eigenvalue weighted by molar-refractivity contribution is -0.114. The predicted molar refractivity (Wildman–Crippen MR) is 92.5 cm³/mol. The number of rotatable bonds is 2. The number of fused-ring (bicyclic) bond motifs is 1. The number of nitrogen functional groups attached to an aromatic ring is 1. The molecule has 0 atom stereocenters. The van der Waals surface area contributed by atoms with E-state index in [-0.39, 0.29) is 5.91 Å². The summed E-state index contributed by atoms with van der Waals surface area (Å²) in [5.41, 5.74) is 8.31. The summed E-state index contributed by atoms with van der Waals surface area (Å²) in [6.45, 7) is 1.44. The molecule has 0 saturated carbocycles. The van der Waals surface area contributed by atoms with Crippen molar-refractivity contribution in [3.8, 4) is 11.1 Å². The smallest absolute Gasteiger partial charge is 0.222 e. The monoisotopic (exact) mass is 423 g/mol. The number of anilines is 2. The molecule has 3 N–H and O–H groups in total. The maximum Gasteiger partial charge on any atom is 0.222 e. The average molecular weight is 425 g/mol. The first-order valence-electron chi connectivity index (χ1n) is 6.32. The Morgan fingerprint density at radius 2 is 2.09 bits per heavy atom. The fraction of sp³-hybridized carbons (Fsp3) is 0.0714. The third kappa shape index (κ3) is 2.71. The summed E-state index contributed by atoms with van der Waals surface area (Å²) >= 11 is 6.83. The minimum absolute atomic E-state index is 0.170. The maximum absolute atomic E-state index is 11.2. The van der Waals surface area contributed by atoms with E-state index in [9.17, 15) is 4.79 Å². The molecule has 3 rings (SSSR count). The average Bonchev–Trinajstić information content (AvgIpc) is 2.77. The summed E-state index contributed by atoms with van der Waals surface area (Å²) in [4.78, 5) is 19.7. The van der Waals surface area contributed by atoms with Crippen LogP contribution in [0.3, 0.4) is 0 Å². The summed E-state index contributed by atoms with van der Waals surface area (Å²) in [6.07, 6.45) is 3.62. The Bertz CT molecular complexity index is 890. The predicted octanol–water partition coefficient (Wildman–Crippen LogP) is 3.46. The van der Waals surface area contributed by atoms with Gasteiger partial charge in [0.15, 0.2) is 5.82 Å². The number of carbonyl (C=O) groups excluding carboxylic acids is 1. The fourth-order valence-corrected chi connectivity index (χ4v) is 2.86. The van der Waals surface area contributed by atoms with Crippen LogP contribution in [0.25, 0.3) is 16.8 Å². The van der Waals surface area contributed by atoms with Gasteiger partial charge in [-0.3, -0.25) is 9.20 Å². The normalized spacial score (nSPS) is 10.9. The van der Waals surface area contributed by atoms with Crippen molar-refractivity contribution in [3.05, 3.63) is 39.7 Å². The van der Waals surface area contributed by atoms with Crippen molar-refractivity contribution in [2.75, 3.05) is 11.1 Å². The highest BCUT2D eigenvalue weighted by atomic mass is 79.9. The molecule has 0 aliphatic carbocycles. The van der Waals surface area contributed by atoms with Crippen molar-refractivity contribution in [2.24, 2.45) is 0 Å². The zero-order chi connectivity index (χ0) is 15.9. The van der Waals surface area contributed by atoms with E-state index in [0.717, 1.165) is 21.2 Å². The van der Waals surface area contributed by atoms with Gasteiger partial charge in [0.2, 0.25) is 5.91 Å². The number of amides is 1. The quantitative estimate of drug-likeness (QED) is 0.659. The van der Waals surface area contributed by atoms with Crippen molar-refractivity contribution < 1.29 is 4.79 Å². The van der Waals surface area contributed by atoms with E-state index in [2.05, 4.69) is 47.1 Å². The highest BCUT2D eigenvalue weighted by Crippen LogP contribution is 2.29. The first kappa shape index (κ1) is 15.0. The molecular formula is C14H11Br2N5O. The van der Waals surface area contributed by atoms with E-state index in [1.807, 2.05) is 28.8 Å². The lowest BCUT2D eigenvalue weighted by Gasteiger charge is -2.05. The van der Waals surface area contributed by atoms with Crippen molar-refractivity contribution in [1.82, 2.24) is 14.4 Å². The molecule has 3 heterocycles. The lowest BCUT2D eigenvalue weighted by atomic mass is 10.1. The molecule has 8 heteroatoms. The van der Waals surface area contributed by atoms with Crippen molar-refractivity contribution in [2.45, 2.75) is 6.92 Å². The third-order valence-corrected chi connectivity index (χ3v) is 4.45. The molecule has 0 spiro atoms. The number of hydrogen-bond donors (Lipinski definition) is 2. The van der Waals surface area contributed by atoms with Gasteiger partial charge in [-0.05, 0) is 50.1 Å². The molecule has 0 aromatic carbocycles. The van der Waals surface area contributed by atoms with Crippen LogP contribution in [0.4, 0.5) is 11.6 Å². The molecular weight excluding hydrogens is 414 g/mol. The van der Waals surface area contributed by atoms with Crippen molar-refractivity contribution in [1.29, 1.82) is 0 Å². The molecule has 3 aromatic heterocycles. The fourth-order valence-electron chi connectivity index (χ4n) is 2.04. The van der Waals surface area contributed by atoms with Gasteiger partial charge < -0.3 is 11.1 Å². The molecule has 6 nitrogen and oxygen atoms in total. The Balaban J connectivity index is 2.10. The number of pyridine rings is 2. The minimum atomic E-state index is -0.170. The van der Waals surface area contributed by atoms with E-state index in [1.165, 1.54) is 6.92 Å². The van der Waals surface area contributed by atoms with Crippen LogP contribution in [-0.2, 0) is 4.79 Å². The van der Waals surface area contributed by atoms with E-state index >= 15 is 0 Å². The molecule has 0 fully saturated rings. The molecule has 0 bridgehead atoms. The van der Waals surface area contributed by atoms with Gasteiger partial charge in [-0.1, -0.05) is 0 Å². The summed E-state index contributed by atoms with van der Waals surface area (Å²) in [5.74, 6) is 0.763. The maximum atomic E-state index is 11.2. The number of carbonyl (C=O) groups is 1. The van der Waals surface area contributed by atoms with Gasteiger partial charge in [-0.25, -0.2) is 9.97 Å². The zero-order valence-electron chi connectivity index (χ0n) is 11.5. The van der Waals surface area contributed by atoms with Crippen LogP contribution >= 0.6 is 31.9 Å². The summed E-state index contributed by atoms with van der Waals surface area (Å²) in [7, 11) is 0. The number of nitrogens with zero attached hydrogens (tertiary/aromatic N) is 3. The first-order chi connectivity index (χ1) is 10.5. The first-order valence-corrected chi connectivity index (χ1v) is 7.91. The Hall–Kier alpha value is -1.93. The molecule has 1 amide bonds. The second kappa shape index (κ2) is 5.69. The summed E-state index contributed by atoms with van der Waals surface area (Å²) in [5, 5.41) is 2.68. The molecule has 0 radical (unpaired) electrons. The zero-order valence-corrected chi connectivity index (χ0v) is 14.6. The van der Waals surface area contributed by atoms with Gasteiger partial charge in [-0.15, -0.1) is 0 Å². The summed E-state index contributed by atoms with van der Waals surface area (Å²) in [6, 6.07) is 5.71. The standard InChI is InChI=1S/C14H11Br2N5O/c1-7(22)19-14-12(16)21-6-8(2-3-11(21)20-14)9-4-10(15)13(17)18-5-9/h2-6H,1H3,(H2,17,18)(H,19,22). The molecule has 0 aliphatic heterocycles. The molecule has 0 saturated heterocycles. The largest absolute Gasteiger partial charge is 0.383 e. The molecule has 3 aromatic rings. The SMILES string of the molecule is CC(=O)Nc1nc2ccc(-c3cnc(N)c(Br)c3)cn2c1Br. The molecule has 112 valence electrons. The van der Waals surface area contributed by atoms with Gasteiger partial charge in [0.1, 0.15) is 16.1 Å². The van der Waals surface area contributed by atoms with Gasteiger partial charge in [-0.2, -0.15) is 0 Å². The molecule has 22 heavy (non-hydrogen) atoms. The van der Waals surface area contributed by atoms with Gasteiger partial charge >= 0.3 is 0 Å². The van der Waals surface area contributed by atoms with Crippen LogP contribution in [0.2, 0.25) is 0 Å². The van der Waals surface area contributed by atoms with E-state index in [4.69, 9.17) is 5.73 Å². The lowest BCUT2D eigenvalue weighted by Crippen LogP contribution is -2.06. The van der Waals surface area contributed by atoms with Crippen LogP contribution < -0.4 is 11.1 Å². The Morgan fingerprint density at radius 3 is 2.77 bits per heavy atom. The van der Waals surface area contributed by atoms with Crippen molar-refractivity contribution in [3.63, 3.8) is 0 Å². The minimum Gasteiger partial charge on any atom is -0.383 e. The number of aromatic nitrogens is 3. The Morgan fingerprint density at radius 1 is 1.32 bits per heavy atom. The topological polar surface area (TPSA) is 85.3 Å². The summed E-state index contributed by atoms with van der Waals surface area (Å²) < 4.78 is 3.28. The number of imidazole rings is 1. The Kier molecular flexibility index (Phi) is 3.88. The van der Waals surface area contributed by atoms with E-state index in [0.29, 0.717) is 16.2 Å². The van der Waals surface area contributed by atoms with Crippen LogP contribution in [0, 0.1) is 0 Å². The van der Waals surface area contributed by atoms with E-state index < -0.39 is 0 Å². The van der Waals surface area contributed by atoms with E-state index in [1.54, 1.807) is 6.20 Å². The molecule has 0 unspecified atom stereocenters. The van der Waals surface area contributed by atoms with Crippen LogP contribution in [0.5, 0.6) is 0 Å². The van der Waals surface area contributed by atoms with Crippen molar-refractivity contribution >= 4 is 55.0 Å². The second-order valence-electron chi connectivity index (χ2n) is 4.67. The number of halogens is 2. The molecule has 0 aliphatic rings. The number of nitrogens with one attached hydrogen (secondary N) is 1. The highest BCUT2D eigenvalue weighted by molar-refractivity contribution is 9.10.